The van der Waals surface area contributed by atoms with Crippen LogP contribution < -0.4 is 0 Å². The van der Waals surface area contributed by atoms with Crippen molar-refractivity contribution in [3.8, 4) is 0 Å². The van der Waals surface area contributed by atoms with Crippen LogP contribution in [0.2, 0.25) is 0 Å². The zero-order valence-corrected chi connectivity index (χ0v) is 9.82. The Hall–Kier alpha value is -0.510. The third-order valence-electron chi connectivity index (χ3n) is 2.48. The fourth-order valence-corrected chi connectivity index (χ4v) is 1.47. The van der Waals surface area contributed by atoms with Crippen LogP contribution in [-0.4, -0.2) is 17.9 Å². The van der Waals surface area contributed by atoms with E-state index in [1.165, 1.54) is 12.8 Å². The molecule has 0 aliphatic heterocycles. The van der Waals surface area contributed by atoms with E-state index in [0.717, 1.165) is 31.8 Å². The molecule has 0 atom stereocenters. The first kappa shape index (κ1) is 15.5. The Balaban J connectivity index is 3.65. The summed E-state index contributed by atoms with van der Waals surface area (Å²) in [6.07, 6.45) is 3.48. The summed E-state index contributed by atoms with van der Waals surface area (Å²) in [7, 11) is 0. The topological polar surface area (TPSA) is 20.2 Å². The van der Waals surface area contributed by atoms with E-state index in [-0.39, 0.29) is 0 Å². The second-order valence-corrected chi connectivity index (χ2v) is 3.94. The molecule has 1 N–H and O–H groups in total. The van der Waals surface area contributed by atoms with E-state index in [2.05, 4.69) is 6.92 Å². The maximum absolute atomic E-state index is 12.2. The molecule has 0 rings (SSSR count). The Labute approximate surface area is 95.4 Å². The molecule has 0 heterocycles. The summed E-state index contributed by atoms with van der Waals surface area (Å²) in [5, 5.41) is 8.55. The quantitative estimate of drug-likeness (QED) is 0.496. The van der Waals surface area contributed by atoms with Crippen molar-refractivity contribution < 1.29 is 18.3 Å². The van der Waals surface area contributed by atoms with Gasteiger partial charge in [-0.1, -0.05) is 45.1 Å². The minimum absolute atomic E-state index is 0.404. The number of aliphatic hydroxyl groups is 1. The number of halogens is 3. The highest BCUT2D eigenvalue weighted by Gasteiger charge is 2.32. The van der Waals surface area contributed by atoms with Gasteiger partial charge in [0.05, 0.1) is 12.2 Å². The van der Waals surface area contributed by atoms with Crippen molar-refractivity contribution in [1.82, 2.24) is 0 Å². The monoisotopic (exact) mass is 238 g/mol. The number of hydrogen-bond acceptors (Lipinski definition) is 1. The van der Waals surface area contributed by atoms with Gasteiger partial charge in [0, 0.05) is 0 Å². The van der Waals surface area contributed by atoms with Crippen molar-refractivity contribution >= 4 is 0 Å². The van der Waals surface area contributed by atoms with Gasteiger partial charge in [0.25, 0.3) is 0 Å². The summed E-state index contributed by atoms with van der Waals surface area (Å²) in [6.45, 7) is 1.21. The van der Waals surface area contributed by atoms with E-state index >= 15 is 0 Å². The molecule has 96 valence electrons. The number of allylic oxidation sites excluding steroid dienone is 1. The Morgan fingerprint density at radius 3 is 2.12 bits per heavy atom. The van der Waals surface area contributed by atoms with Crippen molar-refractivity contribution in [2.24, 2.45) is 0 Å². The molecular formula is C12H21F3O. The van der Waals surface area contributed by atoms with Crippen LogP contribution in [0.25, 0.3) is 0 Å². The second kappa shape index (κ2) is 8.62. The highest BCUT2D eigenvalue weighted by atomic mass is 19.4. The number of unbranched alkanes of at least 4 members (excludes halogenated alkanes) is 6. The van der Waals surface area contributed by atoms with E-state index in [9.17, 15) is 13.2 Å². The Kier molecular flexibility index (Phi) is 8.35. The number of aliphatic hydroxyl groups excluding tert-OH is 1. The molecular weight excluding hydrogens is 217 g/mol. The average molecular weight is 238 g/mol. The SMILES string of the molecule is CCCCCCCC/C=C(\CO)C(F)(F)F. The zero-order chi connectivity index (χ0) is 12.4. The second-order valence-electron chi connectivity index (χ2n) is 3.94. The lowest BCUT2D eigenvalue weighted by Crippen LogP contribution is -2.14. The third kappa shape index (κ3) is 7.74. The molecule has 0 aromatic carbocycles. The molecule has 0 aromatic rings. The van der Waals surface area contributed by atoms with Crippen molar-refractivity contribution in [3.05, 3.63) is 11.6 Å². The van der Waals surface area contributed by atoms with Gasteiger partial charge in [-0.3, -0.25) is 0 Å². The lowest BCUT2D eigenvalue weighted by Gasteiger charge is -2.08. The molecule has 0 bridgehead atoms. The third-order valence-corrected chi connectivity index (χ3v) is 2.48. The molecule has 0 aromatic heterocycles. The number of rotatable bonds is 8. The molecule has 0 unspecified atom stereocenters. The van der Waals surface area contributed by atoms with Gasteiger partial charge in [-0.25, -0.2) is 0 Å². The van der Waals surface area contributed by atoms with E-state index in [1.807, 2.05) is 0 Å². The first-order valence-electron chi connectivity index (χ1n) is 5.89. The molecule has 0 aliphatic rings. The standard InChI is InChI=1S/C12H21F3O/c1-2-3-4-5-6-7-8-9-11(10-16)12(13,14)15/h9,16H,2-8,10H2,1H3/b11-9+. The molecule has 0 aliphatic carbocycles. The van der Waals surface area contributed by atoms with E-state index < -0.39 is 18.4 Å². The molecule has 0 radical (unpaired) electrons. The Bertz CT molecular complexity index is 197. The van der Waals surface area contributed by atoms with Crippen LogP contribution >= 0.6 is 0 Å². The lowest BCUT2D eigenvalue weighted by molar-refractivity contribution is -0.0978. The van der Waals surface area contributed by atoms with Gasteiger partial charge in [0.2, 0.25) is 0 Å². The molecule has 0 amide bonds. The predicted octanol–water partition coefficient (Wildman–Crippen LogP) is 4.22. The molecule has 0 saturated heterocycles. The summed E-state index contributed by atoms with van der Waals surface area (Å²) in [5.74, 6) is 0. The summed E-state index contributed by atoms with van der Waals surface area (Å²) in [4.78, 5) is 0. The summed E-state index contributed by atoms with van der Waals surface area (Å²) >= 11 is 0. The lowest BCUT2D eigenvalue weighted by atomic mass is 10.1. The van der Waals surface area contributed by atoms with Gasteiger partial charge in [0.15, 0.2) is 0 Å². The molecule has 16 heavy (non-hydrogen) atoms. The maximum Gasteiger partial charge on any atom is 0.414 e. The number of hydrogen-bond donors (Lipinski definition) is 1. The molecule has 4 heteroatoms. The van der Waals surface area contributed by atoms with Crippen LogP contribution in [0.1, 0.15) is 51.9 Å². The summed E-state index contributed by atoms with van der Waals surface area (Å²) in [5.41, 5.74) is -0.818. The van der Waals surface area contributed by atoms with Gasteiger partial charge in [-0.2, -0.15) is 13.2 Å². The first-order valence-corrected chi connectivity index (χ1v) is 5.89. The van der Waals surface area contributed by atoms with Gasteiger partial charge in [0.1, 0.15) is 0 Å². The van der Waals surface area contributed by atoms with E-state index in [0.29, 0.717) is 6.42 Å². The van der Waals surface area contributed by atoms with Crippen molar-refractivity contribution in [1.29, 1.82) is 0 Å². The van der Waals surface area contributed by atoms with Crippen LogP contribution in [0.5, 0.6) is 0 Å². The largest absolute Gasteiger partial charge is 0.414 e. The maximum atomic E-state index is 12.2. The molecule has 1 nitrogen and oxygen atoms in total. The summed E-state index contributed by atoms with van der Waals surface area (Å²) in [6, 6.07) is 0. The van der Waals surface area contributed by atoms with Crippen LogP contribution in [0.15, 0.2) is 11.6 Å². The smallest absolute Gasteiger partial charge is 0.392 e. The van der Waals surface area contributed by atoms with Crippen LogP contribution in [0.4, 0.5) is 13.2 Å². The Morgan fingerprint density at radius 2 is 1.62 bits per heavy atom. The van der Waals surface area contributed by atoms with Crippen LogP contribution in [0, 0.1) is 0 Å². The summed E-state index contributed by atoms with van der Waals surface area (Å²) < 4.78 is 36.5. The van der Waals surface area contributed by atoms with Crippen LogP contribution in [-0.2, 0) is 0 Å². The highest BCUT2D eigenvalue weighted by Crippen LogP contribution is 2.25. The molecule has 0 fully saturated rings. The average Bonchev–Trinajstić information content (AvgIpc) is 2.20. The molecule has 0 spiro atoms. The van der Waals surface area contributed by atoms with E-state index in [1.54, 1.807) is 0 Å². The first-order chi connectivity index (χ1) is 7.52. The minimum atomic E-state index is -4.38. The normalized spacial score (nSPS) is 13.2. The van der Waals surface area contributed by atoms with Crippen molar-refractivity contribution in [2.45, 2.75) is 58.0 Å². The van der Waals surface area contributed by atoms with Gasteiger partial charge in [-0.15, -0.1) is 0 Å². The van der Waals surface area contributed by atoms with Gasteiger partial charge >= 0.3 is 6.18 Å². The predicted molar refractivity (Wildman–Crippen MR) is 59.2 cm³/mol. The molecule has 0 saturated carbocycles. The highest BCUT2D eigenvalue weighted by molar-refractivity contribution is 5.08. The van der Waals surface area contributed by atoms with Crippen molar-refractivity contribution in [2.75, 3.05) is 6.61 Å². The van der Waals surface area contributed by atoms with E-state index in [4.69, 9.17) is 5.11 Å². The van der Waals surface area contributed by atoms with Gasteiger partial charge in [-0.05, 0) is 12.8 Å². The van der Waals surface area contributed by atoms with Gasteiger partial charge < -0.3 is 5.11 Å². The zero-order valence-electron chi connectivity index (χ0n) is 9.82. The van der Waals surface area contributed by atoms with Crippen LogP contribution in [0.3, 0.4) is 0 Å². The van der Waals surface area contributed by atoms with Crippen molar-refractivity contribution in [3.63, 3.8) is 0 Å². The fourth-order valence-electron chi connectivity index (χ4n) is 1.47. The minimum Gasteiger partial charge on any atom is -0.392 e. The fraction of sp³-hybridized carbons (Fsp3) is 0.833. The number of alkyl halides is 3. The Morgan fingerprint density at radius 1 is 1.06 bits per heavy atom.